The fraction of sp³-hybridized carbons (Fsp3) is 0.0870. The average molecular weight is 650 g/mol. The van der Waals surface area contributed by atoms with Gasteiger partial charge in [0.15, 0.2) is 13.7 Å². The molecule has 238 valence electrons. The molecular formula is C46H39NOSi. The second-order valence-electron chi connectivity index (χ2n) is 13.9. The van der Waals surface area contributed by atoms with Crippen LogP contribution in [0.5, 0.6) is 0 Å². The minimum Gasteiger partial charge on any atom is -0.454 e. The number of benzene rings is 7. The van der Waals surface area contributed by atoms with E-state index in [9.17, 15) is 0 Å². The number of anilines is 2. The van der Waals surface area contributed by atoms with Crippen molar-refractivity contribution in [2.24, 2.45) is 0 Å². The van der Waals surface area contributed by atoms with Crippen LogP contribution in [0.25, 0.3) is 33.1 Å². The number of hydrogen-bond donors (Lipinski definition) is 1. The molecule has 0 fully saturated rings. The van der Waals surface area contributed by atoms with Crippen molar-refractivity contribution in [3.8, 4) is 11.1 Å². The molecule has 2 nitrogen and oxygen atoms in total. The van der Waals surface area contributed by atoms with Crippen molar-refractivity contribution >= 4 is 62.1 Å². The maximum atomic E-state index is 6.48. The summed E-state index contributed by atoms with van der Waals surface area (Å²) in [6.45, 7) is 6.73. The number of nitrogens with one attached hydrogen (secondary N) is 1. The molecular weight excluding hydrogens is 611 g/mol. The fourth-order valence-corrected chi connectivity index (χ4v) is 12.0. The molecule has 0 bridgehead atoms. The van der Waals surface area contributed by atoms with E-state index >= 15 is 0 Å². The normalized spacial score (nSPS) is 12.0. The molecule has 0 atom stereocenters. The molecule has 0 spiro atoms. The summed E-state index contributed by atoms with van der Waals surface area (Å²) in [5.74, 6) is 0. The van der Waals surface area contributed by atoms with Crippen molar-refractivity contribution in [2.75, 3.05) is 5.32 Å². The first-order valence-corrected chi connectivity index (χ1v) is 19.0. The molecule has 0 saturated heterocycles. The SMILES string of the molecule is CC(C)(C)c1ccc(Nc2cc(-c3ccc([Si](c4ccccc4)(c4ccccc4)c4ccccc4)cc3)cc3c2oc2ccccc23)cc1. The van der Waals surface area contributed by atoms with Gasteiger partial charge < -0.3 is 9.73 Å². The summed E-state index contributed by atoms with van der Waals surface area (Å²) in [4.78, 5) is 0. The quantitative estimate of drug-likeness (QED) is 0.137. The van der Waals surface area contributed by atoms with E-state index in [0.29, 0.717) is 0 Å². The number of furan rings is 1. The van der Waals surface area contributed by atoms with Gasteiger partial charge in [-0.05, 0) is 73.2 Å². The third-order valence-electron chi connectivity index (χ3n) is 9.78. The van der Waals surface area contributed by atoms with Gasteiger partial charge in [-0.3, -0.25) is 0 Å². The molecule has 0 saturated carbocycles. The van der Waals surface area contributed by atoms with Gasteiger partial charge in [-0.2, -0.15) is 0 Å². The van der Waals surface area contributed by atoms with Crippen molar-refractivity contribution in [3.05, 3.63) is 181 Å². The van der Waals surface area contributed by atoms with Crippen LogP contribution in [0, 0.1) is 0 Å². The third-order valence-corrected chi connectivity index (χ3v) is 14.6. The lowest BCUT2D eigenvalue weighted by molar-refractivity contribution is 0.590. The van der Waals surface area contributed by atoms with Crippen molar-refractivity contribution < 1.29 is 4.42 Å². The van der Waals surface area contributed by atoms with Gasteiger partial charge in [-0.15, -0.1) is 0 Å². The summed E-state index contributed by atoms with van der Waals surface area (Å²) in [6.07, 6.45) is 0. The summed E-state index contributed by atoms with van der Waals surface area (Å²) in [7, 11) is -2.60. The zero-order chi connectivity index (χ0) is 33.4. The molecule has 49 heavy (non-hydrogen) atoms. The van der Waals surface area contributed by atoms with Gasteiger partial charge in [0, 0.05) is 16.5 Å². The van der Waals surface area contributed by atoms with Crippen LogP contribution >= 0.6 is 0 Å². The summed E-state index contributed by atoms with van der Waals surface area (Å²) in [5.41, 5.74) is 7.46. The Morgan fingerprint density at radius 1 is 0.469 bits per heavy atom. The molecule has 0 radical (unpaired) electrons. The molecule has 8 aromatic rings. The van der Waals surface area contributed by atoms with E-state index < -0.39 is 8.07 Å². The molecule has 1 N–H and O–H groups in total. The van der Waals surface area contributed by atoms with Crippen molar-refractivity contribution in [1.82, 2.24) is 0 Å². The number of fused-ring (bicyclic) bond motifs is 3. The maximum absolute atomic E-state index is 6.48. The van der Waals surface area contributed by atoms with Crippen LogP contribution in [0.3, 0.4) is 0 Å². The monoisotopic (exact) mass is 649 g/mol. The third kappa shape index (κ3) is 5.56. The molecule has 0 amide bonds. The number of hydrogen-bond acceptors (Lipinski definition) is 2. The Kier molecular flexibility index (Phi) is 7.78. The van der Waals surface area contributed by atoms with Gasteiger partial charge in [0.25, 0.3) is 0 Å². The second kappa shape index (κ2) is 12.4. The predicted octanol–water partition coefficient (Wildman–Crippen LogP) is 9.67. The lowest BCUT2D eigenvalue weighted by Crippen LogP contribution is -2.74. The smallest absolute Gasteiger partial charge is 0.179 e. The minimum atomic E-state index is -2.60. The highest BCUT2D eigenvalue weighted by atomic mass is 28.3. The van der Waals surface area contributed by atoms with E-state index in [4.69, 9.17) is 4.42 Å². The first-order valence-electron chi connectivity index (χ1n) is 17.0. The Morgan fingerprint density at radius 3 is 1.53 bits per heavy atom. The van der Waals surface area contributed by atoms with Crippen molar-refractivity contribution in [1.29, 1.82) is 0 Å². The van der Waals surface area contributed by atoms with Crippen LogP contribution in [-0.4, -0.2) is 8.07 Å². The van der Waals surface area contributed by atoms with Crippen LogP contribution in [0.2, 0.25) is 0 Å². The Labute approximate surface area is 289 Å². The maximum Gasteiger partial charge on any atom is 0.179 e. The Balaban J connectivity index is 1.28. The van der Waals surface area contributed by atoms with E-state index in [0.717, 1.165) is 38.9 Å². The van der Waals surface area contributed by atoms with Crippen molar-refractivity contribution in [3.63, 3.8) is 0 Å². The average Bonchev–Trinajstić information content (AvgIpc) is 3.53. The molecule has 0 aliphatic carbocycles. The van der Waals surface area contributed by atoms with E-state index in [2.05, 4.69) is 190 Å². The van der Waals surface area contributed by atoms with E-state index in [1.165, 1.54) is 31.9 Å². The summed E-state index contributed by atoms with van der Waals surface area (Å²) < 4.78 is 6.48. The molecule has 1 aromatic heterocycles. The molecule has 0 aliphatic rings. The zero-order valence-corrected chi connectivity index (χ0v) is 29.2. The summed E-state index contributed by atoms with van der Waals surface area (Å²) >= 11 is 0. The minimum absolute atomic E-state index is 0.0958. The highest BCUT2D eigenvalue weighted by molar-refractivity contribution is 7.19. The highest BCUT2D eigenvalue weighted by Crippen LogP contribution is 2.39. The Morgan fingerprint density at radius 2 is 0.980 bits per heavy atom. The molecule has 3 heteroatoms. The van der Waals surface area contributed by atoms with Crippen LogP contribution < -0.4 is 26.1 Å². The van der Waals surface area contributed by atoms with Crippen LogP contribution in [0.1, 0.15) is 26.3 Å². The van der Waals surface area contributed by atoms with Crippen LogP contribution in [0.15, 0.2) is 180 Å². The Bertz CT molecular complexity index is 2260. The highest BCUT2D eigenvalue weighted by Gasteiger charge is 2.41. The van der Waals surface area contributed by atoms with Gasteiger partial charge in [0.2, 0.25) is 0 Å². The van der Waals surface area contributed by atoms with Gasteiger partial charge in [-0.25, -0.2) is 0 Å². The lowest BCUT2D eigenvalue weighted by atomic mass is 9.87. The van der Waals surface area contributed by atoms with E-state index in [1.807, 2.05) is 12.1 Å². The zero-order valence-electron chi connectivity index (χ0n) is 28.2. The topological polar surface area (TPSA) is 25.2 Å². The van der Waals surface area contributed by atoms with E-state index in [-0.39, 0.29) is 5.41 Å². The lowest BCUT2D eigenvalue weighted by Gasteiger charge is -2.34. The second-order valence-corrected chi connectivity index (χ2v) is 17.7. The number of para-hydroxylation sites is 1. The fourth-order valence-electron chi connectivity index (χ4n) is 7.27. The van der Waals surface area contributed by atoms with Gasteiger partial charge >= 0.3 is 0 Å². The number of rotatable bonds is 7. The molecule has 1 heterocycles. The summed E-state index contributed by atoms with van der Waals surface area (Å²) in [5, 5.41) is 11.4. The van der Waals surface area contributed by atoms with Gasteiger partial charge in [-0.1, -0.05) is 166 Å². The summed E-state index contributed by atoms with van der Waals surface area (Å²) in [6, 6.07) is 64.1. The van der Waals surface area contributed by atoms with Gasteiger partial charge in [0.1, 0.15) is 5.58 Å². The standard InChI is InChI=1S/C46H39NOSi/c1-46(2,3)35-25-27-36(28-26-35)47-43-32-34(31-42-41-21-13-14-22-44(41)48-45(42)43)33-23-29-40(30-24-33)49(37-15-7-4-8-16-37,38-17-9-5-10-18-38)39-19-11-6-12-20-39/h4-32,47H,1-3H3. The predicted molar refractivity (Wildman–Crippen MR) is 211 cm³/mol. The van der Waals surface area contributed by atoms with Crippen LogP contribution in [0.4, 0.5) is 11.4 Å². The van der Waals surface area contributed by atoms with E-state index in [1.54, 1.807) is 0 Å². The first-order chi connectivity index (χ1) is 23.9. The first kappa shape index (κ1) is 30.7. The van der Waals surface area contributed by atoms with Crippen molar-refractivity contribution in [2.45, 2.75) is 26.2 Å². The molecule has 0 unspecified atom stereocenters. The molecule has 0 aliphatic heterocycles. The Hall–Kier alpha value is -5.64. The molecule has 7 aromatic carbocycles. The largest absolute Gasteiger partial charge is 0.454 e. The molecule has 8 rings (SSSR count). The van der Waals surface area contributed by atoms with Gasteiger partial charge in [0.05, 0.1) is 5.69 Å². The van der Waals surface area contributed by atoms with Crippen LogP contribution in [-0.2, 0) is 5.41 Å².